The van der Waals surface area contributed by atoms with Crippen LogP contribution < -0.4 is 0 Å². The van der Waals surface area contributed by atoms with Crippen LogP contribution in [-0.4, -0.2) is 15.8 Å². The maximum Gasteiger partial charge on any atom is 0.170 e. The first-order valence-electron chi connectivity index (χ1n) is 6.68. The zero-order valence-electron chi connectivity index (χ0n) is 10.6. The molecule has 2 aromatic rings. The molecule has 0 radical (unpaired) electrons. The van der Waals surface area contributed by atoms with Crippen LogP contribution in [0.3, 0.4) is 0 Å². The lowest BCUT2D eigenvalue weighted by Crippen LogP contribution is -2.38. The quantitative estimate of drug-likeness (QED) is 0.875. The van der Waals surface area contributed by atoms with Crippen LogP contribution >= 0.6 is 0 Å². The first-order chi connectivity index (χ1) is 9.10. The normalized spacial score (nSPS) is 20.6. The van der Waals surface area contributed by atoms with Crippen molar-refractivity contribution < 1.29 is 19.0 Å². The number of hydrogen-bond donors (Lipinski definition) is 2. The number of aliphatic hydroxyl groups is 2. The van der Waals surface area contributed by atoms with Crippen molar-refractivity contribution in [3.63, 3.8) is 0 Å². The van der Waals surface area contributed by atoms with Gasteiger partial charge in [-0.3, -0.25) is 0 Å². The van der Waals surface area contributed by atoms with Crippen molar-refractivity contribution >= 4 is 11.0 Å². The highest BCUT2D eigenvalue weighted by atomic mass is 19.1. The van der Waals surface area contributed by atoms with Gasteiger partial charge in [0.05, 0.1) is 5.60 Å². The summed E-state index contributed by atoms with van der Waals surface area (Å²) in [7, 11) is 0. The van der Waals surface area contributed by atoms with Gasteiger partial charge in [-0.05, 0) is 25.0 Å². The van der Waals surface area contributed by atoms with Gasteiger partial charge in [0, 0.05) is 5.39 Å². The molecule has 0 spiro atoms. The Bertz CT molecular complexity index is 584. The van der Waals surface area contributed by atoms with Crippen LogP contribution in [0.5, 0.6) is 0 Å². The van der Waals surface area contributed by atoms with Crippen molar-refractivity contribution in [2.45, 2.75) is 43.8 Å². The smallest absolute Gasteiger partial charge is 0.170 e. The van der Waals surface area contributed by atoms with E-state index in [-0.39, 0.29) is 11.3 Å². The van der Waals surface area contributed by atoms with Crippen LogP contribution in [0, 0.1) is 5.82 Å². The molecule has 1 aliphatic carbocycles. The van der Waals surface area contributed by atoms with Crippen LogP contribution in [0.2, 0.25) is 0 Å². The molecule has 1 atom stereocenters. The maximum atomic E-state index is 13.6. The van der Waals surface area contributed by atoms with Crippen molar-refractivity contribution in [1.82, 2.24) is 0 Å². The van der Waals surface area contributed by atoms with E-state index in [1.54, 1.807) is 18.2 Å². The van der Waals surface area contributed by atoms with E-state index < -0.39 is 17.5 Å². The molecule has 0 bridgehead atoms. The van der Waals surface area contributed by atoms with Crippen LogP contribution in [0.15, 0.2) is 28.7 Å². The van der Waals surface area contributed by atoms with E-state index in [1.165, 1.54) is 6.07 Å². The van der Waals surface area contributed by atoms with Crippen LogP contribution in [0.4, 0.5) is 4.39 Å². The van der Waals surface area contributed by atoms with Crippen molar-refractivity contribution in [2.75, 3.05) is 0 Å². The molecule has 1 aromatic carbocycles. The lowest BCUT2D eigenvalue weighted by molar-refractivity contribution is -0.106. The minimum Gasteiger partial charge on any atom is -0.455 e. The van der Waals surface area contributed by atoms with Crippen molar-refractivity contribution in [3.8, 4) is 0 Å². The van der Waals surface area contributed by atoms with Crippen LogP contribution in [-0.2, 0) is 0 Å². The largest absolute Gasteiger partial charge is 0.455 e. The Kier molecular flexibility index (Phi) is 3.07. The number of furan rings is 1. The van der Waals surface area contributed by atoms with E-state index in [0.717, 1.165) is 19.3 Å². The number of aliphatic hydroxyl groups excluding tert-OH is 1. The predicted molar refractivity (Wildman–Crippen MR) is 69.2 cm³/mol. The van der Waals surface area contributed by atoms with Crippen molar-refractivity contribution in [1.29, 1.82) is 0 Å². The van der Waals surface area contributed by atoms with E-state index in [2.05, 4.69) is 0 Å². The topological polar surface area (TPSA) is 53.6 Å². The highest BCUT2D eigenvalue weighted by Crippen LogP contribution is 2.40. The summed E-state index contributed by atoms with van der Waals surface area (Å²) in [5.41, 5.74) is -1.02. The van der Waals surface area contributed by atoms with Gasteiger partial charge in [0.25, 0.3) is 0 Å². The average Bonchev–Trinajstić information content (AvgIpc) is 2.84. The zero-order valence-corrected chi connectivity index (χ0v) is 10.6. The lowest BCUT2D eigenvalue weighted by atomic mass is 9.80. The highest BCUT2D eigenvalue weighted by molar-refractivity contribution is 5.78. The number of hydrogen-bond acceptors (Lipinski definition) is 3. The molecule has 0 saturated heterocycles. The molecule has 3 rings (SSSR count). The summed E-state index contributed by atoms with van der Waals surface area (Å²) in [6, 6.07) is 6.24. The predicted octanol–water partition coefficient (Wildman–Crippen LogP) is 3.30. The maximum absolute atomic E-state index is 13.6. The Hall–Kier alpha value is -1.39. The van der Waals surface area contributed by atoms with Gasteiger partial charge in [0.1, 0.15) is 11.9 Å². The van der Waals surface area contributed by atoms with Gasteiger partial charge < -0.3 is 14.6 Å². The summed E-state index contributed by atoms with van der Waals surface area (Å²) in [5.74, 6) is -0.212. The molecule has 19 heavy (non-hydrogen) atoms. The van der Waals surface area contributed by atoms with Gasteiger partial charge in [0.2, 0.25) is 0 Å². The third-order valence-corrected chi connectivity index (χ3v) is 4.01. The van der Waals surface area contributed by atoms with Crippen molar-refractivity contribution in [3.05, 3.63) is 35.8 Å². The molecule has 0 amide bonds. The van der Waals surface area contributed by atoms with Crippen molar-refractivity contribution in [2.24, 2.45) is 0 Å². The Labute approximate surface area is 110 Å². The zero-order chi connectivity index (χ0) is 13.5. The Morgan fingerprint density at radius 1 is 1.21 bits per heavy atom. The van der Waals surface area contributed by atoms with Gasteiger partial charge >= 0.3 is 0 Å². The van der Waals surface area contributed by atoms with E-state index in [0.29, 0.717) is 18.2 Å². The first-order valence-corrected chi connectivity index (χ1v) is 6.68. The molecule has 1 aromatic heterocycles. The summed E-state index contributed by atoms with van der Waals surface area (Å²) in [6.07, 6.45) is 2.86. The fraction of sp³-hybridized carbons (Fsp3) is 0.467. The fourth-order valence-corrected chi connectivity index (χ4v) is 2.88. The number of rotatable bonds is 2. The monoisotopic (exact) mass is 264 g/mol. The molecule has 2 N–H and O–H groups in total. The van der Waals surface area contributed by atoms with E-state index in [1.807, 2.05) is 0 Å². The van der Waals surface area contributed by atoms with Crippen LogP contribution in [0.1, 0.15) is 44.0 Å². The molecule has 1 aliphatic rings. The molecular formula is C15H17FO3. The molecular weight excluding hydrogens is 247 g/mol. The fourth-order valence-electron chi connectivity index (χ4n) is 2.88. The Morgan fingerprint density at radius 2 is 1.95 bits per heavy atom. The van der Waals surface area contributed by atoms with Gasteiger partial charge in [-0.25, -0.2) is 4.39 Å². The molecule has 1 heterocycles. The molecule has 102 valence electrons. The molecule has 4 heteroatoms. The second-order valence-electron chi connectivity index (χ2n) is 5.37. The Morgan fingerprint density at radius 3 is 2.63 bits per heavy atom. The third kappa shape index (κ3) is 2.15. The minimum absolute atomic E-state index is 0.135. The summed E-state index contributed by atoms with van der Waals surface area (Å²) in [5, 5.41) is 21.4. The van der Waals surface area contributed by atoms with Gasteiger partial charge in [0.15, 0.2) is 11.4 Å². The highest BCUT2D eigenvalue weighted by Gasteiger charge is 2.39. The molecule has 1 saturated carbocycles. The van der Waals surface area contributed by atoms with E-state index >= 15 is 0 Å². The molecule has 0 aliphatic heterocycles. The summed E-state index contributed by atoms with van der Waals surface area (Å²) in [4.78, 5) is 0. The minimum atomic E-state index is -1.15. The molecule has 1 fully saturated rings. The third-order valence-electron chi connectivity index (χ3n) is 4.01. The second-order valence-corrected chi connectivity index (χ2v) is 5.37. The molecule has 1 unspecified atom stereocenters. The lowest BCUT2D eigenvalue weighted by Gasteiger charge is -2.35. The van der Waals surface area contributed by atoms with E-state index in [4.69, 9.17) is 4.42 Å². The Balaban J connectivity index is 1.97. The van der Waals surface area contributed by atoms with Gasteiger partial charge in [-0.1, -0.05) is 31.4 Å². The van der Waals surface area contributed by atoms with Gasteiger partial charge in [-0.2, -0.15) is 0 Å². The summed E-state index contributed by atoms with van der Waals surface area (Å²) in [6.45, 7) is 0. The van der Waals surface area contributed by atoms with Gasteiger partial charge in [-0.15, -0.1) is 0 Å². The van der Waals surface area contributed by atoms with E-state index in [9.17, 15) is 14.6 Å². The average molecular weight is 264 g/mol. The molecule has 3 nitrogen and oxygen atoms in total. The number of benzene rings is 1. The number of halogens is 1. The summed E-state index contributed by atoms with van der Waals surface area (Å²) >= 11 is 0. The standard InChI is InChI=1S/C15H17FO3/c16-11-6-4-5-10-9-12(19-13(10)11)14(17)15(18)7-2-1-3-8-15/h4-6,9,14,17-18H,1-3,7-8H2. The number of fused-ring (bicyclic) bond motifs is 1. The SMILES string of the molecule is OC(c1cc2cccc(F)c2o1)C1(O)CCCCC1. The first kappa shape index (κ1) is 12.6. The second kappa shape index (κ2) is 4.62. The number of para-hydroxylation sites is 1. The summed E-state index contributed by atoms with van der Waals surface area (Å²) < 4.78 is 19.0. The van der Waals surface area contributed by atoms with Crippen LogP contribution in [0.25, 0.3) is 11.0 Å².